The number of aryl methyl sites for hydroxylation is 1. The second kappa shape index (κ2) is 18.0. The molecule has 0 aliphatic heterocycles. The Morgan fingerprint density at radius 3 is 1.58 bits per heavy atom. The zero-order valence-corrected chi connectivity index (χ0v) is 22.8. The van der Waals surface area contributed by atoms with Gasteiger partial charge in [0.1, 0.15) is 10.1 Å². The van der Waals surface area contributed by atoms with E-state index in [1.54, 1.807) is 12.1 Å². The highest BCUT2D eigenvalue weighted by atomic mass is 79.9. The molecule has 0 heterocycles. The van der Waals surface area contributed by atoms with Gasteiger partial charge in [0.15, 0.2) is 0 Å². The quantitative estimate of drug-likeness (QED) is 0.101. The summed E-state index contributed by atoms with van der Waals surface area (Å²) in [6, 6.07) is 5.78. The van der Waals surface area contributed by atoms with Gasteiger partial charge in [-0.05, 0) is 51.2 Å². The first-order valence-corrected chi connectivity index (χ1v) is 14.7. The second-order valence-electron chi connectivity index (χ2n) is 8.67. The van der Waals surface area contributed by atoms with E-state index in [4.69, 9.17) is 0 Å². The predicted octanol–water partition coefficient (Wildman–Crippen LogP) is 7.06. The van der Waals surface area contributed by atoms with Crippen LogP contribution in [-0.2, 0) is 10.1 Å². The molecule has 0 aliphatic rings. The standard InChI is InChI=1S/C18H39BrN.C7H8O3S/c1-4-7-10-12-16-20(18-14-19,15-9-6-3)17-13-11-8-5-2;1-6-2-4-7(5-3-6)11(8,9)10/h4-18H2,1-3H3;2-5H,1H3,(H,8,9,10)/q+1;/p-1. The van der Waals surface area contributed by atoms with Gasteiger partial charge in [0.2, 0.25) is 0 Å². The molecule has 182 valence electrons. The molecule has 1 aromatic carbocycles. The molecule has 1 aromatic rings. The average Bonchev–Trinajstić information content (AvgIpc) is 2.73. The summed E-state index contributed by atoms with van der Waals surface area (Å²) in [6.45, 7) is 14.3. The van der Waals surface area contributed by atoms with Gasteiger partial charge in [0, 0.05) is 0 Å². The number of rotatable bonds is 16. The monoisotopic (exact) mass is 519 g/mol. The van der Waals surface area contributed by atoms with Crippen molar-refractivity contribution in [2.75, 3.05) is 31.5 Å². The van der Waals surface area contributed by atoms with E-state index in [0.717, 1.165) is 10.9 Å². The zero-order chi connectivity index (χ0) is 23.6. The molecule has 0 atom stereocenters. The van der Waals surface area contributed by atoms with Crippen molar-refractivity contribution in [3.63, 3.8) is 0 Å². The van der Waals surface area contributed by atoms with Crippen LogP contribution in [0.15, 0.2) is 29.2 Å². The molecular formula is C25H46BrNO3S. The van der Waals surface area contributed by atoms with E-state index in [1.165, 1.54) is 107 Å². The van der Waals surface area contributed by atoms with Crippen LogP contribution in [0.4, 0.5) is 0 Å². The van der Waals surface area contributed by atoms with Gasteiger partial charge in [0.05, 0.1) is 36.4 Å². The Morgan fingerprint density at radius 1 is 0.742 bits per heavy atom. The molecule has 0 fully saturated rings. The van der Waals surface area contributed by atoms with E-state index in [-0.39, 0.29) is 4.90 Å². The van der Waals surface area contributed by atoms with Crippen molar-refractivity contribution in [3.8, 4) is 0 Å². The Morgan fingerprint density at radius 2 is 1.19 bits per heavy atom. The summed E-state index contributed by atoms with van der Waals surface area (Å²) >= 11 is 3.71. The summed E-state index contributed by atoms with van der Waals surface area (Å²) < 4.78 is 32.5. The molecule has 31 heavy (non-hydrogen) atoms. The number of halogens is 1. The number of hydrogen-bond donors (Lipinski definition) is 0. The smallest absolute Gasteiger partial charge is 0.124 e. The van der Waals surface area contributed by atoms with Gasteiger partial charge >= 0.3 is 0 Å². The van der Waals surface area contributed by atoms with Crippen molar-refractivity contribution in [1.82, 2.24) is 0 Å². The van der Waals surface area contributed by atoms with Crippen LogP contribution < -0.4 is 0 Å². The molecule has 0 amide bonds. The minimum atomic E-state index is -4.27. The first-order chi connectivity index (χ1) is 14.7. The van der Waals surface area contributed by atoms with Gasteiger partial charge in [-0.1, -0.05) is 86.5 Å². The third kappa shape index (κ3) is 15.1. The van der Waals surface area contributed by atoms with Crippen LogP contribution in [0.25, 0.3) is 0 Å². The lowest BCUT2D eigenvalue weighted by molar-refractivity contribution is -0.926. The summed E-state index contributed by atoms with van der Waals surface area (Å²) in [5, 5.41) is 1.16. The highest BCUT2D eigenvalue weighted by molar-refractivity contribution is 9.09. The van der Waals surface area contributed by atoms with E-state index < -0.39 is 10.1 Å². The Kier molecular flexibility index (Phi) is 17.8. The summed E-state index contributed by atoms with van der Waals surface area (Å²) in [5.41, 5.74) is 0.928. The average molecular weight is 521 g/mol. The minimum absolute atomic E-state index is 0.178. The molecule has 0 radical (unpaired) electrons. The topological polar surface area (TPSA) is 57.2 Å². The first-order valence-electron chi connectivity index (χ1n) is 12.2. The molecular weight excluding hydrogens is 474 g/mol. The van der Waals surface area contributed by atoms with E-state index in [0.29, 0.717) is 0 Å². The second-order valence-corrected chi connectivity index (χ2v) is 10.8. The Balaban J connectivity index is 0.000000683. The third-order valence-corrected chi connectivity index (χ3v) is 7.03. The molecule has 0 aliphatic carbocycles. The maximum Gasteiger partial charge on any atom is 0.124 e. The molecule has 0 unspecified atom stereocenters. The molecule has 6 heteroatoms. The molecule has 0 spiro atoms. The van der Waals surface area contributed by atoms with Crippen molar-refractivity contribution in [1.29, 1.82) is 0 Å². The van der Waals surface area contributed by atoms with Gasteiger partial charge in [0.25, 0.3) is 0 Å². The van der Waals surface area contributed by atoms with Crippen LogP contribution in [-0.4, -0.2) is 49.0 Å². The fourth-order valence-corrected chi connectivity index (χ4v) is 5.02. The van der Waals surface area contributed by atoms with Gasteiger partial charge in [-0.25, -0.2) is 8.42 Å². The maximum atomic E-state index is 10.4. The Labute approximate surface area is 201 Å². The molecule has 0 saturated heterocycles. The number of nitrogens with zero attached hydrogens (tertiary/aromatic N) is 1. The zero-order valence-electron chi connectivity index (χ0n) is 20.4. The number of hydrogen-bond acceptors (Lipinski definition) is 3. The first kappa shape index (κ1) is 30.6. The summed E-state index contributed by atoms with van der Waals surface area (Å²) in [5.74, 6) is 0. The van der Waals surface area contributed by atoms with Crippen LogP contribution in [0.3, 0.4) is 0 Å². The Bertz CT molecular complexity index is 635. The number of alkyl halides is 1. The van der Waals surface area contributed by atoms with Crippen molar-refractivity contribution in [3.05, 3.63) is 29.8 Å². The highest BCUT2D eigenvalue weighted by Gasteiger charge is 2.25. The number of unbranched alkanes of at least 4 members (excludes halogenated alkanes) is 7. The maximum absolute atomic E-state index is 10.4. The largest absolute Gasteiger partial charge is 0.744 e. The van der Waals surface area contributed by atoms with Crippen LogP contribution in [0.5, 0.6) is 0 Å². The normalized spacial score (nSPS) is 11.8. The fraction of sp³-hybridized carbons (Fsp3) is 0.760. The summed E-state index contributed by atoms with van der Waals surface area (Å²) in [6.07, 6.45) is 14.0. The Hall–Kier alpha value is -0.430. The van der Waals surface area contributed by atoms with Crippen LogP contribution in [0.1, 0.15) is 90.5 Å². The molecule has 0 bridgehead atoms. The third-order valence-electron chi connectivity index (χ3n) is 5.83. The van der Waals surface area contributed by atoms with Gasteiger partial charge in [-0.3, -0.25) is 0 Å². The van der Waals surface area contributed by atoms with E-state index in [2.05, 4.69) is 36.7 Å². The van der Waals surface area contributed by atoms with Crippen molar-refractivity contribution < 1.29 is 17.5 Å². The highest BCUT2D eigenvalue weighted by Crippen LogP contribution is 2.17. The van der Waals surface area contributed by atoms with E-state index in [9.17, 15) is 13.0 Å². The van der Waals surface area contributed by atoms with Crippen LogP contribution in [0.2, 0.25) is 0 Å². The molecule has 1 rings (SSSR count). The van der Waals surface area contributed by atoms with Crippen molar-refractivity contribution in [2.45, 2.75) is 96.8 Å². The van der Waals surface area contributed by atoms with E-state index in [1.807, 2.05) is 6.92 Å². The SMILES string of the molecule is CCCCCC[N+](CCBr)(CCCC)CCCCCC.Cc1ccc(S(=O)(=O)[O-])cc1. The lowest BCUT2D eigenvalue weighted by Crippen LogP contribution is -2.51. The van der Waals surface area contributed by atoms with E-state index >= 15 is 0 Å². The summed E-state index contributed by atoms with van der Waals surface area (Å²) in [7, 11) is -4.27. The molecule has 4 nitrogen and oxygen atoms in total. The summed E-state index contributed by atoms with van der Waals surface area (Å²) in [4.78, 5) is -0.178. The number of quaternary nitrogens is 1. The lowest BCUT2D eigenvalue weighted by Gasteiger charge is -2.39. The van der Waals surface area contributed by atoms with Gasteiger partial charge in [-0.2, -0.15) is 0 Å². The minimum Gasteiger partial charge on any atom is -0.744 e. The predicted molar refractivity (Wildman–Crippen MR) is 136 cm³/mol. The van der Waals surface area contributed by atoms with Crippen LogP contribution >= 0.6 is 15.9 Å². The number of benzene rings is 1. The van der Waals surface area contributed by atoms with Crippen molar-refractivity contribution in [2.24, 2.45) is 0 Å². The van der Waals surface area contributed by atoms with Crippen LogP contribution in [0, 0.1) is 6.92 Å². The molecule has 0 N–H and O–H groups in total. The molecule has 0 aromatic heterocycles. The lowest BCUT2D eigenvalue weighted by atomic mass is 10.1. The van der Waals surface area contributed by atoms with Gasteiger partial charge in [-0.15, -0.1) is 0 Å². The molecule has 0 saturated carbocycles. The van der Waals surface area contributed by atoms with Gasteiger partial charge < -0.3 is 9.04 Å². The van der Waals surface area contributed by atoms with Crippen molar-refractivity contribution >= 4 is 26.0 Å². The fourth-order valence-electron chi connectivity index (χ4n) is 3.80.